The summed E-state index contributed by atoms with van der Waals surface area (Å²) in [6.07, 6.45) is 6.43. The zero-order chi connectivity index (χ0) is 12.3. The van der Waals surface area contributed by atoms with Gasteiger partial charge in [0, 0.05) is 26.1 Å². The highest BCUT2D eigenvalue weighted by molar-refractivity contribution is 5.69. The normalized spacial score (nSPS) is 20.2. The molecule has 1 aliphatic heterocycles. The van der Waals surface area contributed by atoms with Gasteiger partial charge in [-0.15, -0.1) is 0 Å². The summed E-state index contributed by atoms with van der Waals surface area (Å²) < 4.78 is 5.25. The van der Waals surface area contributed by atoms with Crippen LogP contribution in [0, 0.1) is 0 Å². The first-order chi connectivity index (χ1) is 8.33. The van der Waals surface area contributed by atoms with E-state index in [0.717, 1.165) is 32.5 Å². The molecule has 0 spiro atoms. The summed E-state index contributed by atoms with van der Waals surface area (Å²) in [6.45, 7) is 5.55. The van der Waals surface area contributed by atoms with Crippen molar-refractivity contribution in [3.8, 4) is 0 Å². The summed E-state index contributed by atoms with van der Waals surface area (Å²) >= 11 is 0. The fourth-order valence-corrected chi connectivity index (χ4v) is 1.97. The fourth-order valence-electron chi connectivity index (χ4n) is 1.97. The molecule has 4 nitrogen and oxygen atoms in total. The molecule has 0 bridgehead atoms. The van der Waals surface area contributed by atoms with Crippen LogP contribution in [0.2, 0.25) is 0 Å². The molecule has 1 fully saturated rings. The number of nitrogens with one attached hydrogen (secondary N) is 2. The second-order valence-corrected chi connectivity index (χ2v) is 4.70. The largest absolute Gasteiger partial charge is 0.464 e. The van der Waals surface area contributed by atoms with Crippen molar-refractivity contribution in [3.63, 3.8) is 0 Å². The number of ether oxygens (including phenoxy) is 1. The van der Waals surface area contributed by atoms with E-state index in [9.17, 15) is 4.79 Å². The van der Waals surface area contributed by atoms with Crippen molar-refractivity contribution in [1.29, 1.82) is 0 Å². The van der Waals surface area contributed by atoms with Crippen molar-refractivity contribution in [2.24, 2.45) is 0 Å². The van der Waals surface area contributed by atoms with Crippen molar-refractivity contribution in [2.45, 2.75) is 51.5 Å². The highest BCUT2D eigenvalue weighted by atomic mass is 16.5. The van der Waals surface area contributed by atoms with Gasteiger partial charge in [0.05, 0.1) is 6.04 Å². The summed E-state index contributed by atoms with van der Waals surface area (Å²) in [6, 6.07) is 0.285. The minimum absolute atomic E-state index is 0.0473. The highest BCUT2D eigenvalue weighted by Crippen LogP contribution is 2.05. The standard InChI is InChI=1S/C13H26N2O2/c1-2-3-4-5-6-7-13(16)17-11-12-10-14-8-9-15-12/h12,14-15H,2-11H2,1H3/t12-/m1/s1. The van der Waals surface area contributed by atoms with Crippen LogP contribution in [0.15, 0.2) is 0 Å². The van der Waals surface area contributed by atoms with E-state index in [4.69, 9.17) is 4.74 Å². The van der Waals surface area contributed by atoms with E-state index in [1.54, 1.807) is 0 Å². The van der Waals surface area contributed by atoms with Gasteiger partial charge in [0.1, 0.15) is 6.61 Å². The maximum absolute atomic E-state index is 11.4. The van der Waals surface area contributed by atoms with Crippen molar-refractivity contribution in [3.05, 3.63) is 0 Å². The number of piperazine rings is 1. The fraction of sp³-hybridized carbons (Fsp3) is 0.923. The number of hydrogen-bond donors (Lipinski definition) is 2. The lowest BCUT2D eigenvalue weighted by Gasteiger charge is -2.23. The predicted octanol–water partition coefficient (Wildman–Crippen LogP) is 1.45. The van der Waals surface area contributed by atoms with Gasteiger partial charge < -0.3 is 15.4 Å². The van der Waals surface area contributed by atoms with Crippen LogP contribution in [0.4, 0.5) is 0 Å². The second-order valence-electron chi connectivity index (χ2n) is 4.70. The number of esters is 1. The van der Waals surface area contributed by atoms with Crippen LogP contribution in [0.5, 0.6) is 0 Å². The van der Waals surface area contributed by atoms with Gasteiger partial charge >= 0.3 is 5.97 Å². The van der Waals surface area contributed by atoms with Crippen molar-refractivity contribution >= 4 is 5.97 Å². The maximum atomic E-state index is 11.4. The lowest BCUT2D eigenvalue weighted by atomic mass is 10.1. The predicted molar refractivity (Wildman–Crippen MR) is 69.0 cm³/mol. The van der Waals surface area contributed by atoms with E-state index in [2.05, 4.69) is 17.6 Å². The lowest BCUT2D eigenvalue weighted by Crippen LogP contribution is -2.50. The summed E-state index contributed by atoms with van der Waals surface area (Å²) in [5, 5.41) is 6.59. The van der Waals surface area contributed by atoms with Crippen LogP contribution < -0.4 is 10.6 Å². The first kappa shape index (κ1) is 14.5. The van der Waals surface area contributed by atoms with E-state index in [-0.39, 0.29) is 12.0 Å². The molecule has 0 aromatic carbocycles. The quantitative estimate of drug-likeness (QED) is 0.500. The van der Waals surface area contributed by atoms with Gasteiger partial charge in [-0.3, -0.25) is 4.79 Å². The highest BCUT2D eigenvalue weighted by Gasteiger charge is 2.13. The minimum atomic E-state index is -0.0473. The van der Waals surface area contributed by atoms with Crippen molar-refractivity contribution < 1.29 is 9.53 Å². The Morgan fingerprint density at radius 2 is 2.06 bits per heavy atom. The third-order valence-corrected chi connectivity index (χ3v) is 3.06. The van der Waals surface area contributed by atoms with Gasteiger partial charge in [-0.05, 0) is 6.42 Å². The molecular weight excluding hydrogens is 216 g/mol. The molecule has 1 saturated heterocycles. The Hall–Kier alpha value is -0.610. The Morgan fingerprint density at radius 1 is 1.24 bits per heavy atom. The maximum Gasteiger partial charge on any atom is 0.305 e. The van der Waals surface area contributed by atoms with E-state index in [1.807, 2.05) is 0 Å². The van der Waals surface area contributed by atoms with Crippen molar-refractivity contribution in [2.75, 3.05) is 26.2 Å². The number of unbranched alkanes of at least 4 members (excludes halogenated alkanes) is 4. The topological polar surface area (TPSA) is 50.4 Å². The zero-order valence-electron chi connectivity index (χ0n) is 11.0. The summed E-state index contributed by atoms with van der Waals surface area (Å²) in [7, 11) is 0. The molecule has 100 valence electrons. The monoisotopic (exact) mass is 242 g/mol. The average Bonchev–Trinajstić information content (AvgIpc) is 2.37. The Balaban J connectivity index is 1.93. The minimum Gasteiger partial charge on any atom is -0.464 e. The Kier molecular flexibility index (Phi) is 8.01. The number of carbonyl (C=O) groups is 1. The zero-order valence-corrected chi connectivity index (χ0v) is 11.0. The second kappa shape index (κ2) is 9.42. The first-order valence-electron chi connectivity index (χ1n) is 6.92. The summed E-state index contributed by atoms with van der Waals surface area (Å²) in [5.74, 6) is -0.0473. The van der Waals surface area contributed by atoms with Crippen LogP contribution >= 0.6 is 0 Å². The number of rotatable bonds is 8. The molecular formula is C13H26N2O2. The van der Waals surface area contributed by atoms with E-state index >= 15 is 0 Å². The molecule has 0 unspecified atom stereocenters. The Bertz CT molecular complexity index is 204. The van der Waals surface area contributed by atoms with Gasteiger partial charge in [0.2, 0.25) is 0 Å². The lowest BCUT2D eigenvalue weighted by molar-refractivity contribution is -0.144. The average molecular weight is 242 g/mol. The molecule has 4 heteroatoms. The molecule has 0 saturated carbocycles. The molecule has 0 amide bonds. The van der Waals surface area contributed by atoms with Crippen LogP contribution in [-0.4, -0.2) is 38.3 Å². The van der Waals surface area contributed by atoms with Crippen LogP contribution in [-0.2, 0) is 9.53 Å². The molecule has 0 aromatic heterocycles. The molecule has 0 aromatic rings. The Morgan fingerprint density at radius 3 is 2.76 bits per heavy atom. The molecule has 17 heavy (non-hydrogen) atoms. The number of carbonyl (C=O) groups excluding carboxylic acids is 1. The molecule has 2 N–H and O–H groups in total. The van der Waals surface area contributed by atoms with Crippen LogP contribution in [0.25, 0.3) is 0 Å². The molecule has 1 aliphatic rings. The third-order valence-electron chi connectivity index (χ3n) is 3.06. The van der Waals surface area contributed by atoms with E-state index in [0.29, 0.717) is 13.0 Å². The molecule has 1 atom stereocenters. The summed E-state index contributed by atoms with van der Waals surface area (Å²) in [5.41, 5.74) is 0. The van der Waals surface area contributed by atoms with Crippen LogP contribution in [0.1, 0.15) is 45.4 Å². The molecule has 1 rings (SSSR count). The van der Waals surface area contributed by atoms with Crippen LogP contribution in [0.3, 0.4) is 0 Å². The van der Waals surface area contributed by atoms with Crippen molar-refractivity contribution in [1.82, 2.24) is 10.6 Å². The third kappa shape index (κ3) is 7.34. The summed E-state index contributed by atoms with van der Waals surface area (Å²) in [4.78, 5) is 11.4. The van der Waals surface area contributed by atoms with Gasteiger partial charge in [-0.25, -0.2) is 0 Å². The number of hydrogen-bond acceptors (Lipinski definition) is 4. The van der Waals surface area contributed by atoms with E-state index < -0.39 is 0 Å². The van der Waals surface area contributed by atoms with Gasteiger partial charge in [0.15, 0.2) is 0 Å². The van der Waals surface area contributed by atoms with Gasteiger partial charge in [-0.2, -0.15) is 0 Å². The first-order valence-corrected chi connectivity index (χ1v) is 6.92. The molecule has 1 heterocycles. The van der Waals surface area contributed by atoms with Gasteiger partial charge in [-0.1, -0.05) is 32.6 Å². The molecule has 0 radical (unpaired) electrons. The molecule has 0 aliphatic carbocycles. The smallest absolute Gasteiger partial charge is 0.305 e. The SMILES string of the molecule is CCCCCCCC(=O)OC[C@H]1CNCCN1. The van der Waals surface area contributed by atoms with E-state index in [1.165, 1.54) is 19.3 Å². The Labute approximate surface area is 104 Å². The van der Waals surface area contributed by atoms with Gasteiger partial charge in [0.25, 0.3) is 0 Å².